The van der Waals surface area contributed by atoms with Gasteiger partial charge in [-0.05, 0) is 69.0 Å². The molecule has 6 aromatic carbocycles. The standard InChI is InChI=1S/C49H50N2O5/c1-36(2)33-51(34-45(27-22-37-14-6-3-7-15-37)46(52)56-35-40-18-10-5-11-19-40)48(55)50-49(47(53)54,31-38-16-8-4-9-17-38)32-39-23-25-42(26-24-39)44-29-28-41-20-12-13-21-43(41)30-44/h3-21,23-26,28-30,36,45H,22,27,31-35H2,1-2H3,(H,50,55)(H,53,54)/t45?,49-/m0/s1. The monoisotopic (exact) mass is 746 g/mol. The fourth-order valence-electron chi connectivity index (χ4n) is 7.18. The molecular weight excluding hydrogens is 697 g/mol. The van der Waals surface area contributed by atoms with Crippen molar-refractivity contribution in [3.8, 4) is 11.1 Å². The molecule has 0 radical (unpaired) electrons. The summed E-state index contributed by atoms with van der Waals surface area (Å²) in [7, 11) is 0. The molecule has 0 heterocycles. The molecule has 0 aliphatic heterocycles. The number of aryl methyl sites for hydroxylation is 1. The highest BCUT2D eigenvalue weighted by molar-refractivity contribution is 5.88. The minimum atomic E-state index is -1.69. The van der Waals surface area contributed by atoms with Crippen molar-refractivity contribution in [1.29, 1.82) is 0 Å². The molecule has 6 rings (SSSR count). The van der Waals surface area contributed by atoms with Crippen LogP contribution in [0.3, 0.4) is 0 Å². The topological polar surface area (TPSA) is 95.9 Å². The Morgan fingerprint density at radius 1 is 0.625 bits per heavy atom. The van der Waals surface area contributed by atoms with E-state index in [1.165, 1.54) is 0 Å². The van der Waals surface area contributed by atoms with Crippen LogP contribution in [0.2, 0.25) is 0 Å². The highest BCUT2D eigenvalue weighted by Gasteiger charge is 2.42. The van der Waals surface area contributed by atoms with Crippen LogP contribution in [0.4, 0.5) is 4.79 Å². The largest absolute Gasteiger partial charge is 0.479 e. The first-order valence-electron chi connectivity index (χ1n) is 19.3. The molecule has 7 nitrogen and oxygen atoms in total. The van der Waals surface area contributed by atoms with Crippen LogP contribution in [0.25, 0.3) is 21.9 Å². The first kappa shape index (κ1) is 39.5. The number of nitrogens with one attached hydrogen (secondary N) is 1. The molecule has 6 aromatic rings. The van der Waals surface area contributed by atoms with Crippen molar-refractivity contribution in [2.24, 2.45) is 11.8 Å². The van der Waals surface area contributed by atoms with E-state index < -0.39 is 29.4 Å². The van der Waals surface area contributed by atoms with E-state index in [0.717, 1.165) is 44.2 Å². The van der Waals surface area contributed by atoms with Crippen LogP contribution >= 0.6 is 0 Å². The number of fused-ring (bicyclic) bond motifs is 1. The van der Waals surface area contributed by atoms with E-state index in [1.807, 2.05) is 141 Å². The first-order valence-corrected chi connectivity index (χ1v) is 19.3. The maximum absolute atomic E-state index is 14.5. The van der Waals surface area contributed by atoms with E-state index in [0.29, 0.717) is 19.4 Å². The number of carboxylic acid groups (broad SMARTS) is 1. The molecule has 2 amide bonds. The number of rotatable bonds is 17. The minimum Gasteiger partial charge on any atom is -0.479 e. The van der Waals surface area contributed by atoms with Gasteiger partial charge in [0.15, 0.2) is 0 Å². The second kappa shape index (κ2) is 18.9. The summed E-state index contributed by atoms with van der Waals surface area (Å²) < 4.78 is 5.83. The molecule has 0 aliphatic rings. The van der Waals surface area contributed by atoms with E-state index in [2.05, 4.69) is 35.6 Å². The summed E-state index contributed by atoms with van der Waals surface area (Å²) in [6, 6.07) is 50.7. The number of aliphatic carboxylic acids is 1. The molecule has 0 spiro atoms. The number of ether oxygens (including phenoxy) is 1. The van der Waals surface area contributed by atoms with Gasteiger partial charge in [0.2, 0.25) is 0 Å². The Balaban J connectivity index is 1.27. The van der Waals surface area contributed by atoms with E-state index in [9.17, 15) is 19.5 Å². The predicted molar refractivity (Wildman–Crippen MR) is 223 cm³/mol. The molecule has 2 atom stereocenters. The summed E-state index contributed by atoms with van der Waals surface area (Å²) in [5.74, 6) is -2.13. The van der Waals surface area contributed by atoms with Gasteiger partial charge in [-0.1, -0.05) is 166 Å². The molecule has 286 valence electrons. The number of esters is 1. The van der Waals surface area contributed by atoms with Gasteiger partial charge in [0.05, 0.1) is 5.92 Å². The van der Waals surface area contributed by atoms with Crippen LogP contribution in [0.15, 0.2) is 158 Å². The van der Waals surface area contributed by atoms with Gasteiger partial charge in [-0.15, -0.1) is 0 Å². The molecule has 1 unspecified atom stereocenters. The van der Waals surface area contributed by atoms with E-state index in [4.69, 9.17) is 4.74 Å². The number of hydrogen-bond acceptors (Lipinski definition) is 4. The summed E-state index contributed by atoms with van der Waals surface area (Å²) in [6.45, 7) is 4.51. The Morgan fingerprint density at radius 2 is 1.16 bits per heavy atom. The number of hydrogen-bond donors (Lipinski definition) is 2. The highest BCUT2D eigenvalue weighted by atomic mass is 16.5. The van der Waals surface area contributed by atoms with E-state index in [-0.39, 0.29) is 31.9 Å². The van der Waals surface area contributed by atoms with Crippen LogP contribution in [-0.2, 0) is 40.2 Å². The lowest BCUT2D eigenvalue weighted by atomic mass is 9.84. The molecule has 0 aromatic heterocycles. The molecule has 0 fully saturated rings. The van der Waals surface area contributed by atoms with Crippen LogP contribution in [0.1, 0.15) is 42.5 Å². The van der Waals surface area contributed by atoms with Gasteiger partial charge in [0, 0.05) is 25.9 Å². The SMILES string of the molecule is CC(C)CN(CC(CCc1ccccc1)C(=O)OCc1ccccc1)C(=O)N[C@@](Cc1ccccc1)(Cc1ccc(-c2ccc3ccccc3c2)cc1)C(=O)O. The summed E-state index contributed by atoms with van der Waals surface area (Å²) in [5.41, 5.74) is 3.88. The minimum absolute atomic E-state index is 0.0480. The lowest BCUT2D eigenvalue weighted by Gasteiger charge is -2.35. The zero-order valence-electron chi connectivity index (χ0n) is 32.1. The van der Waals surface area contributed by atoms with Crippen molar-refractivity contribution in [3.05, 3.63) is 180 Å². The van der Waals surface area contributed by atoms with Crippen molar-refractivity contribution in [1.82, 2.24) is 10.2 Å². The number of carboxylic acids is 1. The molecule has 0 saturated heterocycles. The lowest BCUT2D eigenvalue weighted by molar-refractivity contribution is -0.151. The van der Waals surface area contributed by atoms with Crippen molar-refractivity contribution in [2.45, 2.75) is 51.7 Å². The molecule has 56 heavy (non-hydrogen) atoms. The molecule has 0 saturated carbocycles. The van der Waals surface area contributed by atoms with E-state index >= 15 is 0 Å². The number of nitrogens with zero attached hydrogens (tertiary/aromatic N) is 1. The van der Waals surface area contributed by atoms with Gasteiger partial charge in [-0.2, -0.15) is 0 Å². The fraction of sp³-hybridized carbons (Fsp3) is 0.245. The third kappa shape index (κ3) is 10.7. The Hall–Kier alpha value is -6.21. The van der Waals surface area contributed by atoms with Crippen LogP contribution in [0.5, 0.6) is 0 Å². The van der Waals surface area contributed by atoms with Crippen molar-refractivity contribution < 1.29 is 24.2 Å². The molecule has 7 heteroatoms. The van der Waals surface area contributed by atoms with Gasteiger partial charge in [0.1, 0.15) is 12.1 Å². The van der Waals surface area contributed by atoms with Crippen LogP contribution in [0, 0.1) is 11.8 Å². The second-order valence-corrected chi connectivity index (χ2v) is 15.0. The number of benzene rings is 6. The molecule has 0 aliphatic carbocycles. The predicted octanol–water partition coefficient (Wildman–Crippen LogP) is 9.78. The van der Waals surface area contributed by atoms with Crippen molar-refractivity contribution >= 4 is 28.7 Å². The normalized spacial score (nSPS) is 12.8. The average molecular weight is 747 g/mol. The Labute approximate surface area is 330 Å². The molecular formula is C49H50N2O5. The maximum atomic E-state index is 14.5. The van der Waals surface area contributed by atoms with Gasteiger partial charge in [-0.3, -0.25) is 4.79 Å². The van der Waals surface area contributed by atoms with Crippen molar-refractivity contribution in [2.75, 3.05) is 13.1 Å². The number of amides is 2. The van der Waals surface area contributed by atoms with Gasteiger partial charge in [0.25, 0.3) is 0 Å². The number of urea groups is 1. The first-order chi connectivity index (χ1) is 27.2. The summed E-state index contributed by atoms with van der Waals surface area (Å²) in [4.78, 5) is 43.4. The zero-order chi connectivity index (χ0) is 39.3. The maximum Gasteiger partial charge on any atom is 0.330 e. The van der Waals surface area contributed by atoms with Gasteiger partial charge >= 0.3 is 18.0 Å². The number of carbonyl (C=O) groups is 3. The molecule has 2 N–H and O–H groups in total. The third-order valence-corrected chi connectivity index (χ3v) is 10.1. The average Bonchev–Trinajstić information content (AvgIpc) is 3.22. The van der Waals surface area contributed by atoms with E-state index in [1.54, 1.807) is 4.90 Å². The van der Waals surface area contributed by atoms with Gasteiger partial charge in [-0.25, -0.2) is 9.59 Å². The Bertz CT molecular complexity index is 2190. The van der Waals surface area contributed by atoms with Crippen LogP contribution in [-0.4, -0.2) is 46.6 Å². The zero-order valence-corrected chi connectivity index (χ0v) is 32.1. The summed E-state index contributed by atoms with van der Waals surface area (Å²) in [6.07, 6.45) is 1.18. The number of carbonyl (C=O) groups excluding carboxylic acids is 2. The third-order valence-electron chi connectivity index (χ3n) is 10.1. The highest BCUT2D eigenvalue weighted by Crippen LogP contribution is 2.27. The Kier molecular flexibility index (Phi) is 13.3. The van der Waals surface area contributed by atoms with Gasteiger partial charge < -0.3 is 20.1 Å². The smallest absolute Gasteiger partial charge is 0.330 e. The Morgan fingerprint density at radius 3 is 1.77 bits per heavy atom. The van der Waals surface area contributed by atoms with Crippen molar-refractivity contribution in [3.63, 3.8) is 0 Å². The quantitative estimate of drug-likeness (QED) is 0.0907. The second-order valence-electron chi connectivity index (χ2n) is 15.0. The summed E-state index contributed by atoms with van der Waals surface area (Å²) >= 11 is 0. The van der Waals surface area contributed by atoms with Crippen LogP contribution < -0.4 is 5.32 Å². The lowest BCUT2D eigenvalue weighted by Crippen LogP contribution is -2.61. The molecule has 0 bridgehead atoms. The summed E-state index contributed by atoms with van der Waals surface area (Å²) in [5, 5.41) is 16.4. The fourth-order valence-corrected chi connectivity index (χ4v) is 7.18.